The standard InChI is InChI=1S/C16H19NO2/c1-12-8-9-15(18)14(16(19)10-12)11-17-13-6-4-2-3-5-7-13/h2,4-7,11-12,17H,3,8-10H2,1H3/b14-11+. The Kier molecular flexibility index (Phi) is 4.50. The summed E-state index contributed by atoms with van der Waals surface area (Å²) in [5, 5.41) is 3.05. The van der Waals surface area contributed by atoms with Gasteiger partial charge in [0, 0.05) is 24.7 Å². The van der Waals surface area contributed by atoms with Crippen LogP contribution in [-0.2, 0) is 9.59 Å². The summed E-state index contributed by atoms with van der Waals surface area (Å²) in [6.07, 6.45) is 14.1. The topological polar surface area (TPSA) is 46.2 Å². The van der Waals surface area contributed by atoms with Gasteiger partial charge in [-0.25, -0.2) is 0 Å². The molecule has 0 heterocycles. The van der Waals surface area contributed by atoms with Crippen LogP contribution in [0.1, 0.15) is 32.6 Å². The number of carbonyl (C=O) groups is 2. The van der Waals surface area contributed by atoms with Crippen molar-refractivity contribution in [1.82, 2.24) is 5.32 Å². The van der Waals surface area contributed by atoms with E-state index in [1.807, 2.05) is 37.3 Å². The molecule has 0 saturated heterocycles. The van der Waals surface area contributed by atoms with E-state index in [-0.39, 0.29) is 11.6 Å². The van der Waals surface area contributed by atoms with Gasteiger partial charge in [-0.1, -0.05) is 25.2 Å². The van der Waals surface area contributed by atoms with Gasteiger partial charge in [0.1, 0.15) is 0 Å². The molecule has 100 valence electrons. The van der Waals surface area contributed by atoms with Crippen molar-refractivity contribution in [3.63, 3.8) is 0 Å². The zero-order valence-electron chi connectivity index (χ0n) is 11.2. The van der Waals surface area contributed by atoms with E-state index in [2.05, 4.69) is 5.32 Å². The van der Waals surface area contributed by atoms with E-state index in [0.29, 0.717) is 24.3 Å². The van der Waals surface area contributed by atoms with Crippen molar-refractivity contribution in [3.8, 4) is 0 Å². The Balaban J connectivity index is 2.12. The van der Waals surface area contributed by atoms with Crippen molar-refractivity contribution in [2.75, 3.05) is 0 Å². The molecule has 3 heteroatoms. The lowest BCUT2D eigenvalue weighted by Gasteiger charge is -2.05. The van der Waals surface area contributed by atoms with Gasteiger partial charge in [0.2, 0.25) is 0 Å². The Hall–Kier alpha value is -1.90. The largest absolute Gasteiger partial charge is 0.361 e. The molecule has 0 bridgehead atoms. The number of rotatable bonds is 2. The maximum atomic E-state index is 12.0. The minimum Gasteiger partial charge on any atom is -0.361 e. The van der Waals surface area contributed by atoms with E-state index in [1.165, 1.54) is 0 Å². The molecule has 19 heavy (non-hydrogen) atoms. The quantitative estimate of drug-likeness (QED) is 0.470. The Morgan fingerprint density at radius 1 is 1.26 bits per heavy atom. The molecule has 1 N–H and O–H groups in total. The van der Waals surface area contributed by atoms with Crippen LogP contribution in [-0.4, -0.2) is 11.6 Å². The van der Waals surface area contributed by atoms with Gasteiger partial charge in [0.25, 0.3) is 0 Å². The first kappa shape index (κ1) is 13.5. The summed E-state index contributed by atoms with van der Waals surface area (Å²) in [6.45, 7) is 2.02. The third kappa shape index (κ3) is 3.78. The van der Waals surface area contributed by atoms with Crippen molar-refractivity contribution in [2.24, 2.45) is 5.92 Å². The maximum absolute atomic E-state index is 12.0. The van der Waals surface area contributed by atoms with Crippen molar-refractivity contribution >= 4 is 11.6 Å². The van der Waals surface area contributed by atoms with E-state index in [1.54, 1.807) is 6.20 Å². The summed E-state index contributed by atoms with van der Waals surface area (Å²) in [6, 6.07) is 0. The predicted molar refractivity (Wildman–Crippen MR) is 75.2 cm³/mol. The highest BCUT2D eigenvalue weighted by molar-refractivity contribution is 6.20. The molecule has 3 nitrogen and oxygen atoms in total. The molecule has 1 atom stereocenters. The maximum Gasteiger partial charge on any atom is 0.168 e. The third-order valence-corrected chi connectivity index (χ3v) is 3.36. The second-order valence-electron chi connectivity index (χ2n) is 5.08. The third-order valence-electron chi connectivity index (χ3n) is 3.36. The molecule has 1 fully saturated rings. The van der Waals surface area contributed by atoms with Gasteiger partial charge in [-0.15, -0.1) is 0 Å². The molecule has 2 rings (SSSR count). The summed E-state index contributed by atoms with van der Waals surface area (Å²) >= 11 is 0. The molecule has 1 saturated carbocycles. The van der Waals surface area contributed by atoms with Gasteiger partial charge in [-0.2, -0.15) is 0 Å². The molecular formula is C16H19NO2. The van der Waals surface area contributed by atoms with Crippen LogP contribution in [0.4, 0.5) is 0 Å². The molecule has 0 spiro atoms. The van der Waals surface area contributed by atoms with Gasteiger partial charge in [-0.3, -0.25) is 9.59 Å². The first-order valence-corrected chi connectivity index (χ1v) is 6.73. The van der Waals surface area contributed by atoms with E-state index < -0.39 is 0 Å². The number of hydrogen-bond donors (Lipinski definition) is 1. The monoisotopic (exact) mass is 257 g/mol. The molecule has 0 radical (unpaired) electrons. The average Bonchev–Trinajstić information content (AvgIpc) is 2.69. The highest BCUT2D eigenvalue weighted by Crippen LogP contribution is 2.21. The minimum absolute atomic E-state index is 0.0451. The van der Waals surface area contributed by atoms with Gasteiger partial charge in [0.15, 0.2) is 11.6 Å². The van der Waals surface area contributed by atoms with Crippen LogP contribution in [0.15, 0.2) is 47.9 Å². The zero-order valence-corrected chi connectivity index (χ0v) is 11.2. The summed E-state index contributed by atoms with van der Waals surface area (Å²) in [4.78, 5) is 23.9. The van der Waals surface area contributed by atoms with Crippen LogP contribution < -0.4 is 5.32 Å². The first-order chi connectivity index (χ1) is 9.16. The number of carbonyl (C=O) groups excluding carboxylic acids is 2. The SMILES string of the molecule is CC1CCC(=O)/C(=C\NC2=CC=CCC=C2)C(=O)C1. The number of hydrogen-bond acceptors (Lipinski definition) is 3. The van der Waals surface area contributed by atoms with Crippen molar-refractivity contribution in [2.45, 2.75) is 32.6 Å². The molecule has 0 aromatic heterocycles. The Morgan fingerprint density at radius 3 is 2.95 bits per heavy atom. The van der Waals surface area contributed by atoms with Gasteiger partial charge >= 0.3 is 0 Å². The van der Waals surface area contributed by atoms with Crippen LogP contribution in [0.2, 0.25) is 0 Å². The average molecular weight is 257 g/mol. The first-order valence-electron chi connectivity index (χ1n) is 6.73. The van der Waals surface area contributed by atoms with Gasteiger partial charge in [-0.05, 0) is 30.9 Å². The highest BCUT2D eigenvalue weighted by atomic mass is 16.1. The number of ketones is 2. The van der Waals surface area contributed by atoms with Crippen LogP contribution in [0.5, 0.6) is 0 Å². The van der Waals surface area contributed by atoms with E-state index in [9.17, 15) is 9.59 Å². The lowest BCUT2D eigenvalue weighted by molar-refractivity contribution is -0.120. The van der Waals surface area contributed by atoms with E-state index >= 15 is 0 Å². The minimum atomic E-state index is -0.0457. The fourth-order valence-electron chi connectivity index (χ4n) is 2.19. The van der Waals surface area contributed by atoms with Crippen LogP contribution in [0.3, 0.4) is 0 Å². The van der Waals surface area contributed by atoms with Gasteiger partial charge in [0.05, 0.1) is 5.57 Å². The molecule has 1 unspecified atom stereocenters. The highest BCUT2D eigenvalue weighted by Gasteiger charge is 2.24. The summed E-state index contributed by atoms with van der Waals surface area (Å²) in [5.41, 5.74) is 1.20. The Labute approximate surface area is 113 Å². The Bertz CT molecular complexity index is 495. The number of Topliss-reactive ketones (excluding diaryl/α,β-unsaturated/α-hetero) is 2. The molecule has 0 aromatic carbocycles. The van der Waals surface area contributed by atoms with Crippen LogP contribution in [0.25, 0.3) is 0 Å². The Morgan fingerprint density at radius 2 is 2.11 bits per heavy atom. The van der Waals surface area contributed by atoms with Crippen molar-refractivity contribution < 1.29 is 9.59 Å². The van der Waals surface area contributed by atoms with Crippen LogP contribution in [0, 0.1) is 5.92 Å². The second kappa shape index (κ2) is 6.32. The van der Waals surface area contributed by atoms with Crippen molar-refractivity contribution in [3.05, 3.63) is 47.9 Å². The summed E-state index contributed by atoms with van der Waals surface area (Å²) in [5.74, 6) is 0.203. The zero-order chi connectivity index (χ0) is 13.7. The molecule has 0 aromatic rings. The molecule has 2 aliphatic rings. The lowest BCUT2D eigenvalue weighted by Crippen LogP contribution is -2.15. The second-order valence-corrected chi connectivity index (χ2v) is 5.08. The number of allylic oxidation sites excluding steroid dienone is 6. The van der Waals surface area contributed by atoms with Gasteiger partial charge < -0.3 is 5.32 Å². The smallest absolute Gasteiger partial charge is 0.168 e. The lowest BCUT2D eigenvalue weighted by atomic mass is 10.0. The van der Waals surface area contributed by atoms with Crippen LogP contribution >= 0.6 is 0 Å². The molecule has 0 amide bonds. The van der Waals surface area contributed by atoms with Crippen molar-refractivity contribution in [1.29, 1.82) is 0 Å². The normalized spacial score (nSPS) is 26.1. The molecule has 0 aliphatic heterocycles. The number of nitrogens with one attached hydrogen (secondary N) is 1. The predicted octanol–water partition coefficient (Wildman–Crippen LogP) is 2.82. The molecular weight excluding hydrogens is 238 g/mol. The fourth-order valence-corrected chi connectivity index (χ4v) is 2.19. The summed E-state index contributed by atoms with van der Waals surface area (Å²) in [7, 11) is 0. The van der Waals surface area contributed by atoms with E-state index in [0.717, 1.165) is 18.5 Å². The van der Waals surface area contributed by atoms with E-state index in [4.69, 9.17) is 0 Å². The fraction of sp³-hybridized carbons (Fsp3) is 0.375. The molecule has 2 aliphatic carbocycles. The summed E-state index contributed by atoms with van der Waals surface area (Å²) < 4.78 is 0.